The molecule has 3 rings (SSSR count). The van der Waals surface area contributed by atoms with Gasteiger partial charge in [0.05, 0.1) is 11.8 Å². The highest BCUT2D eigenvalue weighted by Crippen LogP contribution is 2.28. The lowest BCUT2D eigenvalue weighted by molar-refractivity contribution is -0.133. The van der Waals surface area contributed by atoms with Gasteiger partial charge in [-0.25, -0.2) is 0 Å². The highest BCUT2D eigenvalue weighted by molar-refractivity contribution is 8.00. The number of carbonyl (C=O) groups is 1. The molecule has 1 aliphatic carbocycles. The molecule has 2 aromatic rings. The van der Waals surface area contributed by atoms with E-state index in [4.69, 9.17) is 0 Å². The summed E-state index contributed by atoms with van der Waals surface area (Å²) in [6.07, 6.45) is 6.05. The van der Waals surface area contributed by atoms with Gasteiger partial charge in [0.25, 0.3) is 0 Å². The molecule has 0 radical (unpaired) electrons. The van der Waals surface area contributed by atoms with Crippen LogP contribution in [-0.4, -0.2) is 43.4 Å². The minimum absolute atomic E-state index is 0.162. The Balaban J connectivity index is 1.69. The highest BCUT2D eigenvalue weighted by atomic mass is 32.2. The van der Waals surface area contributed by atoms with Gasteiger partial charge in [0.15, 0.2) is 5.16 Å². The van der Waals surface area contributed by atoms with Crippen molar-refractivity contribution in [1.82, 2.24) is 19.7 Å². The summed E-state index contributed by atoms with van der Waals surface area (Å²) >= 11 is 1.52. The monoisotopic (exact) mass is 386 g/mol. The van der Waals surface area contributed by atoms with Crippen molar-refractivity contribution < 1.29 is 4.79 Å². The van der Waals surface area contributed by atoms with Gasteiger partial charge in [0, 0.05) is 12.6 Å². The largest absolute Gasteiger partial charge is 0.339 e. The molecule has 1 fully saturated rings. The Morgan fingerprint density at radius 3 is 2.59 bits per heavy atom. The van der Waals surface area contributed by atoms with E-state index in [1.807, 2.05) is 32.0 Å². The van der Waals surface area contributed by atoms with Gasteiger partial charge in [-0.15, -0.1) is 10.2 Å². The van der Waals surface area contributed by atoms with Crippen molar-refractivity contribution in [3.8, 4) is 0 Å². The zero-order valence-electron chi connectivity index (χ0n) is 16.6. The van der Waals surface area contributed by atoms with Crippen LogP contribution in [0.4, 0.5) is 0 Å². The Morgan fingerprint density at radius 2 is 1.93 bits per heavy atom. The molecule has 1 saturated carbocycles. The van der Waals surface area contributed by atoms with E-state index in [1.54, 1.807) is 0 Å². The molecule has 0 aliphatic heterocycles. The molecule has 5 nitrogen and oxygen atoms in total. The summed E-state index contributed by atoms with van der Waals surface area (Å²) in [5, 5.41) is 9.24. The van der Waals surface area contributed by atoms with Gasteiger partial charge in [0.1, 0.15) is 5.82 Å². The van der Waals surface area contributed by atoms with E-state index in [0.29, 0.717) is 6.04 Å². The van der Waals surface area contributed by atoms with Gasteiger partial charge in [0.2, 0.25) is 5.91 Å². The van der Waals surface area contributed by atoms with Crippen LogP contribution in [0.2, 0.25) is 0 Å². The minimum Gasteiger partial charge on any atom is -0.339 e. The topological polar surface area (TPSA) is 51.0 Å². The molecule has 1 unspecified atom stereocenters. The molecule has 1 aromatic carbocycles. The summed E-state index contributed by atoms with van der Waals surface area (Å²) in [4.78, 5) is 15.2. The third-order valence-electron chi connectivity index (χ3n) is 5.35. The number of thioether (sulfide) groups is 1. The van der Waals surface area contributed by atoms with Crippen LogP contribution in [-0.2, 0) is 11.3 Å². The molecular formula is C21H30N4OS. The molecular weight excluding hydrogens is 356 g/mol. The Kier molecular flexibility index (Phi) is 6.94. The van der Waals surface area contributed by atoms with E-state index in [2.05, 4.69) is 38.7 Å². The molecule has 0 bridgehead atoms. The Morgan fingerprint density at radius 1 is 1.22 bits per heavy atom. The van der Waals surface area contributed by atoms with Crippen molar-refractivity contribution in [1.29, 1.82) is 0 Å². The average molecular weight is 387 g/mol. The molecule has 146 valence electrons. The number of carbonyl (C=O) groups excluding carboxylic acids is 1. The number of hydrogen-bond donors (Lipinski definition) is 0. The molecule has 0 spiro atoms. The zero-order valence-corrected chi connectivity index (χ0v) is 17.4. The van der Waals surface area contributed by atoms with Crippen molar-refractivity contribution in [3.63, 3.8) is 0 Å². The lowest BCUT2D eigenvalue weighted by Crippen LogP contribution is -2.44. The predicted molar refractivity (Wildman–Crippen MR) is 110 cm³/mol. The predicted octanol–water partition coefficient (Wildman–Crippen LogP) is 4.30. The van der Waals surface area contributed by atoms with E-state index in [-0.39, 0.29) is 11.2 Å². The number of nitrogens with zero attached hydrogens (tertiary/aromatic N) is 4. The first-order valence-electron chi connectivity index (χ1n) is 10.0. The fourth-order valence-electron chi connectivity index (χ4n) is 3.83. The maximum atomic E-state index is 13.1. The Hall–Kier alpha value is -1.82. The van der Waals surface area contributed by atoms with Crippen LogP contribution in [0, 0.1) is 6.92 Å². The van der Waals surface area contributed by atoms with Crippen LogP contribution < -0.4 is 0 Å². The van der Waals surface area contributed by atoms with Crippen molar-refractivity contribution in [2.45, 2.75) is 75.9 Å². The summed E-state index contributed by atoms with van der Waals surface area (Å²) in [5.74, 6) is 1.10. The summed E-state index contributed by atoms with van der Waals surface area (Å²) in [6, 6.07) is 10.7. The first-order chi connectivity index (χ1) is 13.1. The number of aromatic nitrogens is 3. The van der Waals surface area contributed by atoms with E-state index in [9.17, 15) is 4.79 Å². The van der Waals surface area contributed by atoms with Gasteiger partial charge in [-0.3, -0.25) is 4.79 Å². The second kappa shape index (κ2) is 9.40. The number of hydrogen-bond acceptors (Lipinski definition) is 4. The minimum atomic E-state index is -0.162. The molecule has 1 aromatic heterocycles. The maximum absolute atomic E-state index is 13.1. The maximum Gasteiger partial charge on any atom is 0.236 e. The summed E-state index contributed by atoms with van der Waals surface area (Å²) < 4.78 is 2.10. The zero-order chi connectivity index (χ0) is 19.2. The number of rotatable bonds is 7. The second-order valence-electron chi connectivity index (χ2n) is 7.28. The number of aryl methyl sites for hydroxylation is 1. The van der Waals surface area contributed by atoms with Gasteiger partial charge in [-0.1, -0.05) is 61.4 Å². The Bertz CT molecular complexity index is 740. The highest BCUT2D eigenvalue weighted by Gasteiger charge is 2.29. The molecule has 27 heavy (non-hydrogen) atoms. The first-order valence-corrected chi connectivity index (χ1v) is 10.9. The molecule has 0 N–H and O–H groups in total. The lowest BCUT2D eigenvalue weighted by Gasteiger charge is -2.35. The van der Waals surface area contributed by atoms with E-state index in [1.165, 1.54) is 36.6 Å². The van der Waals surface area contributed by atoms with Crippen LogP contribution in [0.5, 0.6) is 0 Å². The quantitative estimate of drug-likeness (QED) is 0.666. The molecule has 6 heteroatoms. The van der Waals surface area contributed by atoms with Gasteiger partial charge in [-0.05, 0) is 39.2 Å². The number of benzene rings is 1. The normalized spacial score (nSPS) is 16.3. The van der Waals surface area contributed by atoms with Crippen LogP contribution in [0.3, 0.4) is 0 Å². The van der Waals surface area contributed by atoms with Crippen LogP contribution in [0.15, 0.2) is 35.5 Å². The molecule has 1 aliphatic rings. The SMILES string of the molecule is CCN(C(=O)C(C)Sc1nnc(C)n1Cc1ccccc1)C1CCCCC1. The Labute approximate surface area is 166 Å². The van der Waals surface area contributed by atoms with E-state index >= 15 is 0 Å². The average Bonchev–Trinajstić information content (AvgIpc) is 3.03. The lowest BCUT2D eigenvalue weighted by atomic mass is 9.94. The van der Waals surface area contributed by atoms with Crippen LogP contribution in [0.25, 0.3) is 0 Å². The molecule has 1 atom stereocenters. The van der Waals surface area contributed by atoms with Gasteiger partial charge >= 0.3 is 0 Å². The van der Waals surface area contributed by atoms with Crippen molar-refractivity contribution in [3.05, 3.63) is 41.7 Å². The van der Waals surface area contributed by atoms with E-state index < -0.39 is 0 Å². The standard InChI is InChI=1S/C21H30N4OS/c1-4-24(19-13-9-6-10-14-19)20(26)16(2)27-21-23-22-17(3)25(21)15-18-11-7-5-8-12-18/h5,7-8,11-12,16,19H,4,6,9-10,13-15H2,1-3H3. The fraction of sp³-hybridized carbons (Fsp3) is 0.571. The summed E-state index contributed by atoms with van der Waals surface area (Å²) in [5.41, 5.74) is 1.21. The first kappa shape index (κ1) is 19.9. The summed E-state index contributed by atoms with van der Waals surface area (Å²) in [7, 11) is 0. The van der Waals surface area contributed by atoms with Crippen LogP contribution in [0.1, 0.15) is 57.3 Å². The van der Waals surface area contributed by atoms with Crippen LogP contribution >= 0.6 is 11.8 Å². The number of amides is 1. The molecule has 1 heterocycles. The third kappa shape index (κ3) is 4.92. The second-order valence-corrected chi connectivity index (χ2v) is 8.59. The van der Waals surface area contributed by atoms with Gasteiger partial charge < -0.3 is 9.47 Å². The third-order valence-corrected chi connectivity index (χ3v) is 6.42. The van der Waals surface area contributed by atoms with Crippen molar-refractivity contribution >= 4 is 17.7 Å². The van der Waals surface area contributed by atoms with Crippen molar-refractivity contribution in [2.75, 3.05) is 6.54 Å². The molecule has 0 saturated heterocycles. The summed E-state index contributed by atoms with van der Waals surface area (Å²) in [6.45, 7) is 7.56. The van der Waals surface area contributed by atoms with Crippen molar-refractivity contribution in [2.24, 2.45) is 0 Å². The van der Waals surface area contributed by atoms with Gasteiger partial charge in [-0.2, -0.15) is 0 Å². The van der Waals surface area contributed by atoms with E-state index in [0.717, 1.165) is 36.9 Å². The molecule has 1 amide bonds. The smallest absolute Gasteiger partial charge is 0.236 e. The fourth-order valence-corrected chi connectivity index (χ4v) is 4.79.